The topological polar surface area (TPSA) is 48.5 Å². The van der Waals surface area contributed by atoms with Gasteiger partial charge >= 0.3 is 0 Å². The third-order valence-electron chi connectivity index (χ3n) is 5.96. The number of hydrogen-bond acceptors (Lipinski definition) is 4. The molecule has 0 saturated carbocycles. The SMILES string of the molecule is O=C(c1cc(Nc2ccc(N3CCCC3)cc2)ccn1)N1CCCc2ccccc21. The van der Waals surface area contributed by atoms with Crippen molar-refractivity contribution in [2.45, 2.75) is 25.7 Å². The van der Waals surface area contributed by atoms with E-state index in [4.69, 9.17) is 0 Å². The van der Waals surface area contributed by atoms with Gasteiger partial charge < -0.3 is 15.1 Å². The average molecular weight is 399 g/mol. The molecule has 0 bridgehead atoms. The van der Waals surface area contributed by atoms with Gasteiger partial charge in [-0.15, -0.1) is 0 Å². The van der Waals surface area contributed by atoms with Gasteiger partial charge in [-0.05, 0) is 73.7 Å². The van der Waals surface area contributed by atoms with Gasteiger partial charge in [0.15, 0.2) is 0 Å². The highest BCUT2D eigenvalue weighted by atomic mass is 16.2. The Morgan fingerprint density at radius 1 is 0.867 bits per heavy atom. The lowest BCUT2D eigenvalue weighted by Gasteiger charge is -2.29. The van der Waals surface area contributed by atoms with Crippen LogP contribution in [0.25, 0.3) is 0 Å². The molecule has 1 amide bonds. The van der Waals surface area contributed by atoms with E-state index in [1.165, 1.54) is 24.1 Å². The number of hydrogen-bond donors (Lipinski definition) is 1. The first-order chi connectivity index (χ1) is 14.8. The maximum atomic E-state index is 13.2. The molecule has 30 heavy (non-hydrogen) atoms. The standard InChI is InChI=1S/C25H26N4O/c30-25(29-17-5-7-19-6-1-2-8-24(19)29)23-18-21(13-14-26-23)27-20-9-11-22(12-10-20)28-15-3-4-16-28/h1-2,6,8-14,18H,3-5,7,15-17H2,(H,26,27). The van der Waals surface area contributed by atoms with Crippen molar-refractivity contribution < 1.29 is 4.79 Å². The first kappa shape index (κ1) is 18.7. The molecular formula is C25H26N4O. The highest BCUT2D eigenvalue weighted by Crippen LogP contribution is 2.29. The lowest BCUT2D eigenvalue weighted by Crippen LogP contribution is -2.35. The summed E-state index contributed by atoms with van der Waals surface area (Å²) < 4.78 is 0. The fourth-order valence-corrected chi connectivity index (χ4v) is 4.41. The molecule has 2 aliphatic rings. The van der Waals surface area contributed by atoms with Gasteiger partial charge in [0, 0.05) is 48.6 Å². The molecule has 3 heterocycles. The lowest BCUT2D eigenvalue weighted by molar-refractivity contribution is 0.0980. The first-order valence-electron chi connectivity index (χ1n) is 10.8. The second-order valence-corrected chi connectivity index (χ2v) is 7.98. The van der Waals surface area contributed by atoms with Gasteiger partial charge in [-0.1, -0.05) is 18.2 Å². The number of carbonyl (C=O) groups is 1. The minimum atomic E-state index is -0.0461. The highest BCUT2D eigenvalue weighted by Gasteiger charge is 2.24. The van der Waals surface area contributed by atoms with Crippen molar-refractivity contribution in [1.82, 2.24) is 4.98 Å². The maximum Gasteiger partial charge on any atom is 0.276 e. The van der Waals surface area contributed by atoms with Gasteiger partial charge in [-0.2, -0.15) is 0 Å². The molecule has 5 nitrogen and oxygen atoms in total. The number of anilines is 4. The lowest BCUT2D eigenvalue weighted by atomic mass is 10.0. The Bertz CT molecular complexity index is 1040. The highest BCUT2D eigenvalue weighted by molar-refractivity contribution is 6.06. The summed E-state index contributed by atoms with van der Waals surface area (Å²) >= 11 is 0. The largest absolute Gasteiger partial charge is 0.372 e. The Morgan fingerprint density at radius 3 is 2.50 bits per heavy atom. The molecule has 2 aromatic carbocycles. The molecule has 1 N–H and O–H groups in total. The number of aryl methyl sites for hydroxylation is 1. The number of fused-ring (bicyclic) bond motifs is 1. The number of para-hydroxylation sites is 1. The monoisotopic (exact) mass is 398 g/mol. The Hall–Kier alpha value is -3.34. The molecule has 0 aliphatic carbocycles. The van der Waals surface area contributed by atoms with Gasteiger partial charge in [0.05, 0.1) is 0 Å². The van der Waals surface area contributed by atoms with E-state index in [2.05, 4.69) is 45.5 Å². The van der Waals surface area contributed by atoms with Gasteiger partial charge in [0.25, 0.3) is 5.91 Å². The second kappa shape index (κ2) is 8.19. The molecule has 0 radical (unpaired) electrons. The van der Waals surface area contributed by atoms with Crippen molar-refractivity contribution in [1.29, 1.82) is 0 Å². The zero-order valence-corrected chi connectivity index (χ0v) is 17.1. The first-order valence-corrected chi connectivity index (χ1v) is 10.8. The quantitative estimate of drug-likeness (QED) is 0.670. The molecule has 5 heteroatoms. The zero-order valence-electron chi connectivity index (χ0n) is 17.1. The number of carbonyl (C=O) groups excluding carboxylic acids is 1. The van der Waals surface area contributed by atoms with Gasteiger partial charge in [0.2, 0.25) is 0 Å². The summed E-state index contributed by atoms with van der Waals surface area (Å²) in [6, 6.07) is 20.4. The van der Waals surface area contributed by atoms with Gasteiger partial charge in [-0.3, -0.25) is 9.78 Å². The third kappa shape index (κ3) is 3.75. The van der Waals surface area contributed by atoms with E-state index in [1.54, 1.807) is 6.20 Å². The Balaban J connectivity index is 1.33. The molecule has 1 fully saturated rings. The normalized spacial score (nSPS) is 15.7. The molecule has 152 valence electrons. The molecule has 5 rings (SSSR count). The Morgan fingerprint density at radius 2 is 1.67 bits per heavy atom. The summed E-state index contributed by atoms with van der Waals surface area (Å²) in [5.41, 5.74) is 5.84. The van der Waals surface area contributed by atoms with Crippen molar-refractivity contribution in [3.63, 3.8) is 0 Å². The van der Waals surface area contributed by atoms with E-state index in [0.29, 0.717) is 5.69 Å². The van der Waals surface area contributed by atoms with Crippen LogP contribution in [-0.2, 0) is 6.42 Å². The van der Waals surface area contributed by atoms with Crippen LogP contribution in [0.15, 0.2) is 66.9 Å². The van der Waals surface area contributed by atoms with Gasteiger partial charge in [0.1, 0.15) is 5.69 Å². The molecule has 0 atom stereocenters. The number of benzene rings is 2. The summed E-state index contributed by atoms with van der Waals surface area (Å²) in [6.07, 6.45) is 6.24. The van der Waals surface area contributed by atoms with Crippen LogP contribution < -0.4 is 15.1 Å². The van der Waals surface area contributed by atoms with Crippen LogP contribution in [0.2, 0.25) is 0 Å². The zero-order chi connectivity index (χ0) is 20.3. The number of aromatic nitrogens is 1. The van der Waals surface area contributed by atoms with E-state index < -0.39 is 0 Å². The predicted octanol–water partition coefficient (Wildman–Crippen LogP) is 5.02. The fourth-order valence-electron chi connectivity index (χ4n) is 4.41. The van der Waals surface area contributed by atoms with Crippen LogP contribution in [0.3, 0.4) is 0 Å². The molecule has 0 unspecified atom stereocenters. The van der Waals surface area contributed by atoms with E-state index in [1.807, 2.05) is 35.2 Å². The number of pyridine rings is 1. The van der Waals surface area contributed by atoms with E-state index in [-0.39, 0.29) is 5.91 Å². The molecule has 1 saturated heterocycles. The molecule has 2 aliphatic heterocycles. The van der Waals surface area contributed by atoms with Gasteiger partial charge in [-0.25, -0.2) is 0 Å². The van der Waals surface area contributed by atoms with Crippen LogP contribution in [-0.4, -0.2) is 30.5 Å². The number of nitrogens with zero attached hydrogens (tertiary/aromatic N) is 3. The predicted molar refractivity (Wildman–Crippen MR) is 122 cm³/mol. The molecular weight excluding hydrogens is 372 g/mol. The minimum absolute atomic E-state index is 0.0461. The Labute approximate surface area is 177 Å². The summed E-state index contributed by atoms with van der Waals surface area (Å²) in [5.74, 6) is -0.0461. The van der Waals surface area contributed by atoms with Crippen molar-refractivity contribution in [2.24, 2.45) is 0 Å². The van der Waals surface area contributed by atoms with Crippen molar-refractivity contribution in [3.05, 3.63) is 78.1 Å². The number of rotatable bonds is 4. The van der Waals surface area contributed by atoms with Crippen molar-refractivity contribution in [2.75, 3.05) is 34.8 Å². The van der Waals surface area contributed by atoms with E-state index >= 15 is 0 Å². The smallest absolute Gasteiger partial charge is 0.276 e. The fraction of sp³-hybridized carbons (Fsp3) is 0.280. The summed E-state index contributed by atoms with van der Waals surface area (Å²) in [7, 11) is 0. The summed E-state index contributed by atoms with van der Waals surface area (Å²) in [6.45, 7) is 3.01. The van der Waals surface area contributed by atoms with Crippen molar-refractivity contribution >= 4 is 28.7 Å². The second-order valence-electron chi connectivity index (χ2n) is 7.98. The van der Waals surface area contributed by atoms with Crippen LogP contribution in [0.5, 0.6) is 0 Å². The Kier molecular flexibility index (Phi) is 5.10. The number of amides is 1. The summed E-state index contributed by atoms with van der Waals surface area (Å²) in [5, 5.41) is 3.41. The van der Waals surface area contributed by atoms with E-state index in [0.717, 1.165) is 49.5 Å². The van der Waals surface area contributed by atoms with Crippen LogP contribution in [0.4, 0.5) is 22.7 Å². The van der Waals surface area contributed by atoms with E-state index in [9.17, 15) is 4.79 Å². The summed E-state index contributed by atoms with van der Waals surface area (Å²) in [4.78, 5) is 21.8. The average Bonchev–Trinajstić information content (AvgIpc) is 3.34. The van der Waals surface area contributed by atoms with Crippen LogP contribution in [0, 0.1) is 0 Å². The number of nitrogens with one attached hydrogen (secondary N) is 1. The van der Waals surface area contributed by atoms with Crippen molar-refractivity contribution in [3.8, 4) is 0 Å². The molecule has 1 aromatic heterocycles. The minimum Gasteiger partial charge on any atom is -0.372 e. The maximum absolute atomic E-state index is 13.2. The van der Waals surface area contributed by atoms with Crippen LogP contribution >= 0.6 is 0 Å². The molecule has 3 aromatic rings. The molecule has 0 spiro atoms. The third-order valence-corrected chi connectivity index (χ3v) is 5.96. The van der Waals surface area contributed by atoms with Crippen LogP contribution in [0.1, 0.15) is 35.3 Å².